The number of rotatable bonds is 6. The molecular formula is C21H20BrN5O2. The van der Waals surface area contributed by atoms with Crippen molar-refractivity contribution in [3.63, 3.8) is 0 Å². The van der Waals surface area contributed by atoms with Crippen molar-refractivity contribution < 1.29 is 9.59 Å². The Morgan fingerprint density at radius 2 is 1.93 bits per heavy atom. The number of carbonyl (C=O) groups excluding carboxylic acids is 2. The van der Waals surface area contributed by atoms with Gasteiger partial charge in [0.25, 0.3) is 5.91 Å². The first kappa shape index (κ1) is 19.3. The summed E-state index contributed by atoms with van der Waals surface area (Å²) in [5, 5.41) is 9.86. The average molecular weight is 454 g/mol. The lowest BCUT2D eigenvalue weighted by Crippen LogP contribution is -2.16. The number of amides is 2. The normalized spacial score (nSPS) is 17.6. The predicted molar refractivity (Wildman–Crippen MR) is 114 cm³/mol. The number of carbonyl (C=O) groups is 2. The zero-order valence-electron chi connectivity index (χ0n) is 15.8. The number of nitrogens with zero attached hydrogens (tertiary/aromatic N) is 3. The molecule has 0 aliphatic heterocycles. The highest BCUT2D eigenvalue weighted by Crippen LogP contribution is 2.38. The zero-order valence-corrected chi connectivity index (χ0v) is 17.4. The Labute approximate surface area is 176 Å². The maximum atomic E-state index is 12.5. The summed E-state index contributed by atoms with van der Waals surface area (Å²) >= 11 is 3.41. The molecule has 0 radical (unpaired) electrons. The Hall–Kier alpha value is -3.00. The number of benzene rings is 2. The quantitative estimate of drug-likeness (QED) is 0.591. The average Bonchev–Trinajstić information content (AvgIpc) is 3.29. The van der Waals surface area contributed by atoms with E-state index in [-0.39, 0.29) is 23.7 Å². The van der Waals surface area contributed by atoms with E-state index < -0.39 is 0 Å². The summed E-state index contributed by atoms with van der Waals surface area (Å²) in [7, 11) is 0. The molecule has 2 atom stereocenters. The number of aromatic nitrogens is 3. The lowest BCUT2D eigenvalue weighted by Gasteiger charge is -2.07. The highest BCUT2D eigenvalue weighted by atomic mass is 79.9. The van der Waals surface area contributed by atoms with Gasteiger partial charge in [-0.2, -0.15) is 0 Å². The van der Waals surface area contributed by atoms with Crippen LogP contribution in [0.1, 0.15) is 29.3 Å². The van der Waals surface area contributed by atoms with Crippen LogP contribution in [-0.4, -0.2) is 26.6 Å². The predicted octanol–water partition coefficient (Wildman–Crippen LogP) is 3.94. The van der Waals surface area contributed by atoms with Crippen LogP contribution in [-0.2, 0) is 11.3 Å². The van der Waals surface area contributed by atoms with Crippen LogP contribution in [0.15, 0.2) is 59.3 Å². The first-order valence-corrected chi connectivity index (χ1v) is 10.1. The van der Waals surface area contributed by atoms with Crippen LogP contribution in [0.2, 0.25) is 0 Å². The smallest absolute Gasteiger partial charge is 0.258 e. The standard InChI is InChI=1S/C21H20BrN5O2/c1-13-9-18(13)20(29)24-17-4-2-3-15(10-17)19(28)25-21-23-12-27(26-21)11-14-5-7-16(22)8-6-14/h2-8,10,12-13,18H,9,11H2,1H3,(H,24,29)(H,25,26,28). The van der Waals surface area contributed by atoms with E-state index in [9.17, 15) is 9.59 Å². The summed E-state index contributed by atoms with van der Waals surface area (Å²) in [5.74, 6) is 0.408. The molecule has 2 N–H and O–H groups in total. The minimum absolute atomic E-state index is 0.00316. The van der Waals surface area contributed by atoms with E-state index in [1.807, 2.05) is 24.3 Å². The molecule has 2 unspecified atom stereocenters. The number of hydrogen-bond donors (Lipinski definition) is 2. The monoisotopic (exact) mass is 453 g/mol. The van der Waals surface area contributed by atoms with Crippen molar-refractivity contribution in [3.8, 4) is 0 Å². The molecule has 1 aromatic heterocycles. The third-order valence-electron chi connectivity index (χ3n) is 4.86. The van der Waals surface area contributed by atoms with E-state index in [2.05, 4.69) is 43.6 Å². The maximum absolute atomic E-state index is 12.5. The molecule has 148 valence electrons. The van der Waals surface area contributed by atoms with E-state index in [1.165, 1.54) is 0 Å². The van der Waals surface area contributed by atoms with Crippen molar-refractivity contribution in [2.24, 2.45) is 11.8 Å². The summed E-state index contributed by atoms with van der Waals surface area (Å²) in [6, 6.07) is 14.8. The second-order valence-electron chi connectivity index (χ2n) is 7.24. The molecule has 1 heterocycles. The van der Waals surface area contributed by atoms with Gasteiger partial charge in [-0.05, 0) is 48.2 Å². The van der Waals surface area contributed by atoms with E-state index >= 15 is 0 Å². The molecule has 1 fully saturated rings. The van der Waals surface area contributed by atoms with Gasteiger partial charge in [0.2, 0.25) is 11.9 Å². The van der Waals surface area contributed by atoms with Gasteiger partial charge >= 0.3 is 0 Å². The second-order valence-corrected chi connectivity index (χ2v) is 8.15. The van der Waals surface area contributed by atoms with Gasteiger partial charge in [0, 0.05) is 21.6 Å². The Kier molecular flexibility index (Phi) is 5.44. The molecule has 2 amide bonds. The Balaban J connectivity index is 1.38. The molecule has 2 aromatic carbocycles. The van der Waals surface area contributed by atoms with Crippen LogP contribution in [0.3, 0.4) is 0 Å². The van der Waals surface area contributed by atoms with Crippen LogP contribution < -0.4 is 10.6 Å². The third-order valence-corrected chi connectivity index (χ3v) is 5.39. The summed E-state index contributed by atoms with van der Waals surface area (Å²) < 4.78 is 2.67. The molecular weight excluding hydrogens is 434 g/mol. The fourth-order valence-corrected chi connectivity index (χ4v) is 3.30. The summed E-state index contributed by atoms with van der Waals surface area (Å²) in [5.41, 5.74) is 2.11. The summed E-state index contributed by atoms with van der Waals surface area (Å²) in [4.78, 5) is 28.8. The molecule has 1 saturated carbocycles. The van der Waals surface area contributed by atoms with Crippen LogP contribution in [0.4, 0.5) is 11.6 Å². The van der Waals surface area contributed by atoms with Gasteiger partial charge in [0.05, 0.1) is 6.54 Å². The molecule has 29 heavy (non-hydrogen) atoms. The van der Waals surface area contributed by atoms with Crippen molar-refractivity contribution in [2.75, 3.05) is 10.6 Å². The van der Waals surface area contributed by atoms with Crippen molar-refractivity contribution in [3.05, 3.63) is 70.5 Å². The fraction of sp³-hybridized carbons (Fsp3) is 0.238. The van der Waals surface area contributed by atoms with Crippen molar-refractivity contribution >= 4 is 39.4 Å². The van der Waals surface area contributed by atoms with Crippen molar-refractivity contribution in [1.29, 1.82) is 0 Å². The molecule has 0 bridgehead atoms. The SMILES string of the molecule is CC1CC1C(=O)Nc1cccc(C(=O)Nc2ncn(Cc3ccc(Br)cc3)n2)c1. The maximum Gasteiger partial charge on any atom is 0.258 e. The van der Waals surface area contributed by atoms with E-state index in [1.54, 1.807) is 35.3 Å². The Morgan fingerprint density at radius 1 is 1.17 bits per heavy atom. The van der Waals surface area contributed by atoms with Crippen molar-refractivity contribution in [1.82, 2.24) is 14.8 Å². The van der Waals surface area contributed by atoms with Gasteiger partial charge in [-0.15, -0.1) is 5.10 Å². The molecule has 1 aliphatic carbocycles. The van der Waals surface area contributed by atoms with Gasteiger partial charge in [-0.3, -0.25) is 14.9 Å². The zero-order chi connectivity index (χ0) is 20.4. The molecule has 1 aliphatic rings. The van der Waals surface area contributed by atoms with Crippen LogP contribution in [0.25, 0.3) is 0 Å². The molecule has 7 nitrogen and oxygen atoms in total. The van der Waals surface area contributed by atoms with Crippen LogP contribution in [0, 0.1) is 11.8 Å². The second kappa shape index (κ2) is 8.16. The molecule has 0 spiro atoms. The van der Waals surface area contributed by atoms with Gasteiger partial charge in [-0.25, -0.2) is 9.67 Å². The van der Waals surface area contributed by atoms with Gasteiger partial charge in [-0.1, -0.05) is 41.1 Å². The lowest BCUT2D eigenvalue weighted by molar-refractivity contribution is -0.117. The summed E-state index contributed by atoms with van der Waals surface area (Å²) in [6.45, 7) is 2.61. The minimum atomic E-state index is -0.331. The summed E-state index contributed by atoms with van der Waals surface area (Å²) in [6.07, 6.45) is 2.49. The van der Waals surface area contributed by atoms with E-state index in [4.69, 9.17) is 0 Å². The van der Waals surface area contributed by atoms with Gasteiger partial charge in [0.1, 0.15) is 6.33 Å². The lowest BCUT2D eigenvalue weighted by atomic mass is 10.2. The first-order valence-electron chi connectivity index (χ1n) is 9.34. The topological polar surface area (TPSA) is 88.9 Å². The van der Waals surface area contributed by atoms with Crippen molar-refractivity contribution in [2.45, 2.75) is 19.9 Å². The number of anilines is 2. The Bertz CT molecular complexity index is 1050. The van der Waals surface area contributed by atoms with E-state index in [0.717, 1.165) is 16.5 Å². The number of hydrogen-bond acceptors (Lipinski definition) is 4. The van der Waals surface area contributed by atoms with Crippen LogP contribution in [0.5, 0.6) is 0 Å². The number of halogens is 1. The van der Waals surface area contributed by atoms with Gasteiger partial charge < -0.3 is 5.32 Å². The van der Waals surface area contributed by atoms with Crippen LogP contribution >= 0.6 is 15.9 Å². The number of nitrogens with one attached hydrogen (secondary N) is 2. The highest BCUT2D eigenvalue weighted by Gasteiger charge is 2.39. The molecule has 8 heteroatoms. The third kappa shape index (κ3) is 4.89. The largest absolute Gasteiger partial charge is 0.326 e. The molecule has 0 saturated heterocycles. The minimum Gasteiger partial charge on any atom is -0.326 e. The Morgan fingerprint density at radius 3 is 2.66 bits per heavy atom. The molecule has 3 aromatic rings. The van der Waals surface area contributed by atoms with Gasteiger partial charge in [0.15, 0.2) is 0 Å². The fourth-order valence-electron chi connectivity index (χ4n) is 3.04. The highest BCUT2D eigenvalue weighted by molar-refractivity contribution is 9.10. The molecule has 4 rings (SSSR count). The van der Waals surface area contributed by atoms with E-state index in [0.29, 0.717) is 23.7 Å². The first-order chi connectivity index (χ1) is 14.0.